The third kappa shape index (κ3) is 2.66. The summed E-state index contributed by atoms with van der Waals surface area (Å²) in [6.07, 6.45) is 1.02. The molecule has 4 atom stereocenters. The standard InChI is InChI=1S/C16H18FN3S/c1-20-7-6-14-13(9-20)15(12(8-18)16(21)19-14)10-2-4-11(17)5-3-10/h2-5,12-15H,6-7,9H2,1H3,(H,19,21). The van der Waals surface area contributed by atoms with E-state index in [9.17, 15) is 9.65 Å². The second-order valence-corrected chi connectivity index (χ2v) is 6.45. The Morgan fingerprint density at radius 1 is 1.38 bits per heavy atom. The molecule has 2 aliphatic rings. The predicted octanol–water partition coefficient (Wildman–Crippen LogP) is 2.30. The lowest BCUT2D eigenvalue weighted by atomic mass is 9.69. The van der Waals surface area contributed by atoms with Gasteiger partial charge in [-0.25, -0.2) is 4.39 Å². The molecule has 110 valence electrons. The zero-order valence-corrected chi connectivity index (χ0v) is 12.7. The molecule has 21 heavy (non-hydrogen) atoms. The van der Waals surface area contributed by atoms with E-state index in [1.165, 1.54) is 12.1 Å². The smallest absolute Gasteiger partial charge is 0.123 e. The van der Waals surface area contributed by atoms with Gasteiger partial charge in [0.05, 0.1) is 11.1 Å². The summed E-state index contributed by atoms with van der Waals surface area (Å²) in [7, 11) is 2.10. The van der Waals surface area contributed by atoms with Crippen LogP contribution in [-0.2, 0) is 0 Å². The van der Waals surface area contributed by atoms with Gasteiger partial charge >= 0.3 is 0 Å². The Morgan fingerprint density at radius 3 is 2.76 bits per heavy atom. The van der Waals surface area contributed by atoms with Gasteiger partial charge < -0.3 is 10.2 Å². The van der Waals surface area contributed by atoms with Crippen LogP contribution in [0.15, 0.2) is 24.3 Å². The summed E-state index contributed by atoms with van der Waals surface area (Å²) >= 11 is 5.41. The van der Waals surface area contributed by atoms with E-state index in [0.29, 0.717) is 16.9 Å². The number of nitrogens with one attached hydrogen (secondary N) is 1. The SMILES string of the molecule is CN1CCC2NC(=S)C(C#N)C(c3ccc(F)cc3)C2C1. The Labute approximate surface area is 129 Å². The maximum absolute atomic E-state index is 13.2. The summed E-state index contributed by atoms with van der Waals surface area (Å²) in [4.78, 5) is 2.93. The van der Waals surface area contributed by atoms with Crippen LogP contribution in [0, 0.1) is 29.0 Å². The molecular formula is C16H18FN3S. The topological polar surface area (TPSA) is 39.1 Å². The van der Waals surface area contributed by atoms with Crippen molar-refractivity contribution >= 4 is 17.2 Å². The highest BCUT2D eigenvalue weighted by atomic mass is 32.1. The minimum Gasteiger partial charge on any atom is -0.375 e. The van der Waals surface area contributed by atoms with E-state index in [2.05, 4.69) is 23.3 Å². The van der Waals surface area contributed by atoms with E-state index in [0.717, 1.165) is 25.1 Å². The van der Waals surface area contributed by atoms with Crippen molar-refractivity contribution < 1.29 is 4.39 Å². The summed E-state index contributed by atoms with van der Waals surface area (Å²) < 4.78 is 13.2. The molecule has 0 saturated carbocycles. The molecule has 3 nitrogen and oxygen atoms in total. The van der Waals surface area contributed by atoms with Crippen molar-refractivity contribution in [2.24, 2.45) is 11.8 Å². The van der Waals surface area contributed by atoms with Crippen LogP contribution < -0.4 is 5.32 Å². The number of hydrogen-bond acceptors (Lipinski definition) is 3. The van der Waals surface area contributed by atoms with Gasteiger partial charge in [0, 0.05) is 24.4 Å². The van der Waals surface area contributed by atoms with Crippen molar-refractivity contribution in [1.82, 2.24) is 10.2 Å². The first kappa shape index (κ1) is 14.4. The van der Waals surface area contributed by atoms with Crippen LogP contribution in [-0.4, -0.2) is 36.1 Å². The Balaban J connectivity index is 1.99. The number of nitriles is 1. The normalized spacial score (nSPS) is 32.9. The van der Waals surface area contributed by atoms with Crippen LogP contribution in [0.5, 0.6) is 0 Å². The highest BCUT2D eigenvalue weighted by Gasteiger charge is 2.44. The van der Waals surface area contributed by atoms with Gasteiger partial charge in [-0.15, -0.1) is 0 Å². The number of piperidine rings is 2. The molecule has 1 N–H and O–H groups in total. The molecule has 2 saturated heterocycles. The number of hydrogen-bond donors (Lipinski definition) is 1. The third-order valence-corrected chi connectivity index (χ3v) is 5.06. The Bertz CT molecular complexity index is 580. The quantitative estimate of drug-likeness (QED) is 0.808. The molecule has 2 fully saturated rings. The average Bonchev–Trinajstić information content (AvgIpc) is 2.47. The molecule has 2 aliphatic heterocycles. The summed E-state index contributed by atoms with van der Waals surface area (Å²) in [5.74, 6) is -0.220. The molecule has 0 radical (unpaired) electrons. The number of halogens is 1. The van der Waals surface area contributed by atoms with Gasteiger partial charge in [0.1, 0.15) is 11.7 Å². The second kappa shape index (κ2) is 5.70. The van der Waals surface area contributed by atoms with Crippen molar-refractivity contribution in [2.45, 2.75) is 18.4 Å². The second-order valence-electron chi connectivity index (χ2n) is 6.01. The lowest BCUT2D eigenvalue weighted by Gasteiger charge is -2.47. The summed E-state index contributed by atoms with van der Waals surface area (Å²) in [5.41, 5.74) is 1.01. The number of rotatable bonds is 1. The van der Waals surface area contributed by atoms with Gasteiger partial charge in [-0.05, 0) is 37.7 Å². The minimum atomic E-state index is -0.335. The highest BCUT2D eigenvalue weighted by Crippen LogP contribution is 2.40. The van der Waals surface area contributed by atoms with E-state index in [4.69, 9.17) is 12.2 Å². The highest BCUT2D eigenvalue weighted by molar-refractivity contribution is 7.80. The fraction of sp³-hybridized carbons (Fsp3) is 0.500. The van der Waals surface area contributed by atoms with Crippen LogP contribution in [0.4, 0.5) is 4.39 Å². The van der Waals surface area contributed by atoms with Crippen molar-refractivity contribution in [2.75, 3.05) is 20.1 Å². The summed E-state index contributed by atoms with van der Waals surface area (Å²) in [6, 6.07) is 9.19. The van der Waals surface area contributed by atoms with E-state index >= 15 is 0 Å². The van der Waals surface area contributed by atoms with Crippen LogP contribution in [0.1, 0.15) is 17.9 Å². The molecule has 0 bridgehead atoms. The Morgan fingerprint density at radius 2 is 2.10 bits per heavy atom. The first-order chi connectivity index (χ1) is 10.1. The van der Waals surface area contributed by atoms with Gasteiger partial charge in [0.25, 0.3) is 0 Å². The van der Waals surface area contributed by atoms with Gasteiger partial charge in [-0.3, -0.25) is 0 Å². The zero-order chi connectivity index (χ0) is 15.0. The van der Waals surface area contributed by atoms with Crippen molar-refractivity contribution in [1.29, 1.82) is 5.26 Å². The molecule has 0 aliphatic carbocycles. The van der Waals surface area contributed by atoms with E-state index < -0.39 is 0 Å². The zero-order valence-electron chi connectivity index (χ0n) is 11.9. The number of benzene rings is 1. The molecule has 0 aromatic heterocycles. The Hall–Kier alpha value is -1.51. The van der Waals surface area contributed by atoms with Crippen molar-refractivity contribution in [3.05, 3.63) is 35.6 Å². The lowest BCUT2D eigenvalue weighted by molar-refractivity contribution is 0.135. The predicted molar refractivity (Wildman–Crippen MR) is 83.4 cm³/mol. The van der Waals surface area contributed by atoms with Crippen LogP contribution >= 0.6 is 12.2 Å². The number of nitrogens with zero attached hydrogens (tertiary/aromatic N) is 2. The molecule has 1 aromatic rings. The molecular weight excluding hydrogens is 285 g/mol. The largest absolute Gasteiger partial charge is 0.375 e. The van der Waals surface area contributed by atoms with Gasteiger partial charge in [-0.1, -0.05) is 24.4 Å². The first-order valence-electron chi connectivity index (χ1n) is 7.24. The minimum absolute atomic E-state index is 0.0390. The lowest BCUT2D eigenvalue weighted by Crippen LogP contribution is -2.58. The number of thiocarbonyl (C=S) groups is 1. The van der Waals surface area contributed by atoms with Gasteiger partial charge in [-0.2, -0.15) is 5.26 Å². The maximum Gasteiger partial charge on any atom is 0.123 e. The van der Waals surface area contributed by atoms with Crippen LogP contribution in [0.25, 0.3) is 0 Å². The monoisotopic (exact) mass is 303 g/mol. The molecule has 5 heteroatoms. The third-order valence-electron chi connectivity index (χ3n) is 4.69. The number of likely N-dealkylation sites (tertiary alicyclic amines) is 1. The van der Waals surface area contributed by atoms with E-state index in [1.54, 1.807) is 12.1 Å². The molecule has 3 rings (SSSR count). The first-order valence-corrected chi connectivity index (χ1v) is 7.65. The summed E-state index contributed by atoms with van der Waals surface area (Å²) in [5, 5.41) is 12.9. The molecule has 1 aromatic carbocycles. The van der Waals surface area contributed by atoms with Gasteiger partial charge in [0.2, 0.25) is 0 Å². The molecule has 0 spiro atoms. The molecule has 0 amide bonds. The molecule has 2 heterocycles. The van der Waals surface area contributed by atoms with E-state index in [1.807, 2.05) is 0 Å². The van der Waals surface area contributed by atoms with Crippen molar-refractivity contribution in [3.8, 4) is 6.07 Å². The Kier molecular flexibility index (Phi) is 3.92. The summed E-state index contributed by atoms with van der Waals surface area (Å²) in [6.45, 7) is 1.96. The maximum atomic E-state index is 13.2. The van der Waals surface area contributed by atoms with E-state index in [-0.39, 0.29) is 17.7 Å². The van der Waals surface area contributed by atoms with Crippen LogP contribution in [0.2, 0.25) is 0 Å². The van der Waals surface area contributed by atoms with Crippen molar-refractivity contribution in [3.63, 3.8) is 0 Å². The van der Waals surface area contributed by atoms with Gasteiger partial charge in [0.15, 0.2) is 0 Å². The van der Waals surface area contributed by atoms with Crippen LogP contribution in [0.3, 0.4) is 0 Å². The fourth-order valence-corrected chi connectivity index (χ4v) is 3.99. The number of fused-ring (bicyclic) bond motifs is 1. The fourth-order valence-electron chi connectivity index (χ4n) is 3.64. The average molecular weight is 303 g/mol. The molecule has 4 unspecified atom stereocenters.